The Hall–Kier alpha value is -0.570. The Morgan fingerprint density at radius 2 is 2.13 bits per heavy atom. The van der Waals surface area contributed by atoms with Crippen molar-refractivity contribution in [1.82, 2.24) is 5.32 Å². The van der Waals surface area contributed by atoms with Gasteiger partial charge in [-0.3, -0.25) is 4.79 Å². The van der Waals surface area contributed by atoms with E-state index in [1.54, 1.807) is 0 Å². The van der Waals surface area contributed by atoms with Crippen LogP contribution in [0.3, 0.4) is 0 Å². The van der Waals surface area contributed by atoms with E-state index in [4.69, 9.17) is 0 Å². The van der Waals surface area contributed by atoms with Gasteiger partial charge in [-0.2, -0.15) is 0 Å². The number of methoxy groups -OCH3 is 1. The Morgan fingerprint density at radius 1 is 1.40 bits per heavy atom. The third kappa shape index (κ3) is 8.43. The van der Waals surface area contributed by atoms with Crippen LogP contribution >= 0.6 is 0 Å². The first-order valence-corrected chi connectivity index (χ1v) is 6.02. The molecule has 0 spiro atoms. The minimum atomic E-state index is -0.135. The molecule has 0 aliphatic heterocycles. The van der Waals surface area contributed by atoms with Gasteiger partial charge in [0, 0.05) is 6.54 Å². The molecule has 1 atom stereocenters. The van der Waals surface area contributed by atoms with Crippen molar-refractivity contribution >= 4 is 5.97 Å². The summed E-state index contributed by atoms with van der Waals surface area (Å²) in [4.78, 5) is 10.8. The highest BCUT2D eigenvalue weighted by Crippen LogP contribution is 2.10. The molecule has 0 fully saturated rings. The van der Waals surface area contributed by atoms with Crippen LogP contribution in [0.5, 0.6) is 0 Å². The van der Waals surface area contributed by atoms with E-state index < -0.39 is 0 Å². The van der Waals surface area contributed by atoms with Crippen molar-refractivity contribution in [3.8, 4) is 0 Å². The van der Waals surface area contributed by atoms with Crippen molar-refractivity contribution < 1.29 is 9.53 Å². The van der Waals surface area contributed by atoms with E-state index in [1.807, 2.05) is 0 Å². The van der Waals surface area contributed by atoms with Gasteiger partial charge in [-0.05, 0) is 18.9 Å². The molecule has 0 bridgehead atoms. The van der Waals surface area contributed by atoms with Gasteiger partial charge in [-0.1, -0.05) is 33.1 Å². The van der Waals surface area contributed by atoms with Crippen molar-refractivity contribution in [2.75, 3.05) is 20.2 Å². The number of unbranched alkanes of at least 4 members (excludes halogenated alkanes) is 1. The number of carbonyl (C=O) groups is 1. The van der Waals surface area contributed by atoms with Gasteiger partial charge in [0.1, 0.15) is 0 Å². The lowest BCUT2D eigenvalue weighted by Crippen LogP contribution is -2.25. The van der Waals surface area contributed by atoms with Crippen molar-refractivity contribution in [2.45, 2.75) is 46.0 Å². The number of ether oxygens (including phenoxy) is 1. The molecule has 90 valence electrons. The number of esters is 1. The molecule has 0 heterocycles. The fourth-order valence-electron chi connectivity index (χ4n) is 1.54. The third-order valence-corrected chi connectivity index (χ3v) is 2.71. The molecule has 0 rings (SSSR count). The van der Waals surface area contributed by atoms with Crippen molar-refractivity contribution in [2.24, 2.45) is 5.92 Å². The summed E-state index contributed by atoms with van der Waals surface area (Å²) in [6.07, 6.45) is 5.54. The molecular weight excluding hydrogens is 190 g/mol. The average Bonchev–Trinajstić information content (AvgIpc) is 2.27. The first kappa shape index (κ1) is 14.4. The molecule has 0 radical (unpaired) electrons. The van der Waals surface area contributed by atoms with Gasteiger partial charge in [-0.15, -0.1) is 0 Å². The smallest absolute Gasteiger partial charge is 0.306 e. The van der Waals surface area contributed by atoms with E-state index in [9.17, 15) is 4.79 Å². The fourth-order valence-corrected chi connectivity index (χ4v) is 1.54. The monoisotopic (exact) mass is 215 g/mol. The second-order valence-electron chi connectivity index (χ2n) is 3.95. The summed E-state index contributed by atoms with van der Waals surface area (Å²) in [6.45, 7) is 6.20. The van der Waals surface area contributed by atoms with Gasteiger partial charge in [-0.25, -0.2) is 0 Å². The van der Waals surface area contributed by atoms with Gasteiger partial charge >= 0.3 is 5.97 Å². The van der Waals surface area contributed by atoms with E-state index >= 15 is 0 Å². The van der Waals surface area contributed by atoms with Crippen LogP contribution in [-0.2, 0) is 9.53 Å². The summed E-state index contributed by atoms with van der Waals surface area (Å²) in [5, 5.41) is 3.31. The van der Waals surface area contributed by atoms with Crippen molar-refractivity contribution in [3.05, 3.63) is 0 Å². The van der Waals surface area contributed by atoms with Gasteiger partial charge in [0.2, 0.25) is 0 Å². The first-order valence-electron chi connectivity index (χ1n) is 6.02. The zero-order valence-electron chi connectivity index (χ0n) is 10.3. The van der Waals surface area contributed by atoms with E-state index in [1.165, 1.54) is 32.8 Å². The molecule has 0 aliphatic carbocycles. The zero-order valence-corrected chi connectivity index (χ0v) is 10.3. The van der Waals surface area contributed by atoms with Crippen LogP contribution in [0, 0.1) is 5.92 Å². The maximum atomic E-state index is 10.8. The predicted octanol–water partition coefficient (Wildman–Crippen LogP) is 2.36. The normalized spacial score (nSPS) is 12.5. The lowest BCUT2D eigenvalue weighted by molar-refractivity contribution is -0.140. The van der Waals surface area contributed by atoms with Crippen LogP contribution < -0.4 is 5.32 Å². The molecule has 0 aromatic rings. The molecule has 0 aromatic heterocycles. The lowest BCUT2D eigenvalue weighted by Gasteiger charge is -2.14. The molecule has 0 aromatic carbocycles. The summed E-state index contributed by atoms with van der Waals surface area (Å²) in [7, 11) is 1.43. The minimum Gasteiger partial charge on any atom is -0.469 e. The van der Waals surface area contributed by atoms with Gasteiger partial charge in [0.15, 0.2) is 0 Å². The fraction of sp³-hybridized carbons (Fsp3) is 0.917. The van der Waals surface area contributed by atoms with Crippen LogP contribution in [0.15, 0.2) is 0 Å². The highest BCUT2D eigenvalue weighted by molar-refractivity contribution is 5.69. The Labute approximate surface area is 93.6 Å². The van der Waals surface area contributed by atoms with Crippen LogP contribution in [0.4, 0.5) is 0 Å². The Morgan fingerprint density at radius 3 is 2.67 bits per heavy atom. The predicted molar refractivity (Wildman–Crippen MR) is 62.8 cm³/mol. The highest BCUT2D eigenvalue weighted by atomic mass is 16.5. The van der Waals surface area contributed by atoms with Crippen molar-refractivity contribution in [3.63, 3.8) is 0 Å². The van der Waals surface area contributed by atoms with Gasteiger partial charge in [0.25, 0.3) is 0 Å². The van der Waals surface area contributed by atoms with E-state index in [2.05, 4.69) is 23.9 Å². The van der Waals surface area contributed by atoms with E-state index in [-0.39, 0.29) is 5.97 Å². The molecule has 15 heavy (non-hydrogen) atoms. The molecule has 0 saturated carbocycles. The summed E-state index contributed by atoms with van der Waals surface area (Å²) < 4.78 is 4.57. The SMILES string of the molecule is CCCCC(CC)CNCCC(=O)OC. The zero-order chi connectivity index (χ0) is 11.5. The summed E-state index contributed by atoms with van der Waals surface area (Å²) in [5.41, 5.74) is 0. The van der Waals surface area contributed by atoms with Gasteiger partial charge < -0.3 is 10.1 Å². The molecule has 3 heteroatoms. The highest BCUT2D eigenvalue weighted by Gasteiger charge is 2.05. The van der Waals surface area contributed by atoms with Crippen LogP contribution in [0.1, 0.15) is 46.0 Å². The summed E-state index contributed by atoms with van der Waals surface area (Å²) in [6, 6.07) is 0. The molecular formula is C12H25NO2. The topological polar surface area (TPSA) is 38.3 Å². The number of hydrogen-bond acceptors (Lipinski definition) is 3. The lowest BCUT2D eigenvalue weighted by atomic mass is 9.99. The largest absolute Gasteiger partial charge is 0.469 e. The Bertz CT molecular complexity index is 160. The van der Waals surface area contributed by atoms with Crippen LogP contribution in [0.25, 0.3) is 0 Å². The second-order valence-corrected chi connectivity index (χ2v) is 3.95. The molecule has 1 unspecified atom stereocenters. The molecule has 0 aliphatic rings. The maximum absolute atomic E-state index is 10.8. The number of nitrogens with one attached hydrogen (secondary N) is 1. The standard InChI is InChI=1S/C12H25NO2/c1-4-6-7-11(5-2)10-13-9-8-12(14)15-3/h11,13H,4-10H2,1-3H3. The van der Waals surface area contributed by atoms with Crippen LogP contribution in [0.2, 0.25) is 0 Å². The summed E-state index contributed by atoms with van der Waals surface area (Å²) >= 11 is 0. The molecule has 0 saturated heterocycles. The minimum absolute atomic E-state index is 0.135. The van der Waals surface area contributed by atoms with Crippen molar-refractivity contribution in [1.29, 1.82) is 0 Å². The average molecular weight is 215 g/mol. The van der Waals surface area contributed by atoms with Gasteiger partial charge in [0.05, 0.1) is 13.5 Å². The van der Waals surface area contributed by atoms with E-state index in [0.717, 1.165) is 19.0 Å². The van der Waals surface area contributed by atoms with Crippen LogP contribution in [-0.4, -0.2) is 26.2 Å². The van der Waals surface area contributed by atoms with E-state index in [0.29, 0.717) is 6.42 Å². The second kappa shape index (κ2) is 9.97. The first-order chi connectivity index (χ1) is 7.24. The number of rotatable bonds is 9. The Balaban J connectivity index is 3.41. The number of carbonyl (C=O) groups excluding carboxylic acids is 1. The quantitative estimate of drug-likeness (QED) is 0.474. The number of hydrogen-bond donors (Lipinski definition) is 1. The Kier molecular flexibility index (Phi) is 9.59. The summed E-state index contributed by atoms with van der Waals surface area (Å²) in [5.74, 6) is 0.617. The molecule has 0 amide bonds. The third-order valence-electron chi connectivity index (χ3n) is 2.71. The maximum Gasteiger partial charge on any atom is 0.306 e. The molecule has 1 N–H and O–H groups in total. The molecule has 3 nitrogen and oxygen atoms in total.